The number of hydrogen-bond acceptors (Lipinski definition) is 4. The topological polar surface area (TPSA) is 86.8 Å². The molecule has 0 fully saturated rings. The first-order valence-electron chi connectivity index (χ1n) is 9.68. The molecule has 0 radical (unpaired) electrons. The highest BCUT2D eigenvalue weighted by Crippen LogP contribution is 2.24. The summed E-state index contributed by atoms with van der Waals surface area (Å²) in [6.07, 6.45) is 1.03. The number of carbonyl (C=O) groups is 2. The van der Waals surface area contributed by atoms with Crippen molar-refractivity contribution in [2.45, 2.75) is 26.4 Å². The van der Waals surface area contributed by atoms with Crippen molar-refractivity contribution < 1.29 is 18.0 Å². The van der Waals surface area contributed by atoms with Gasteiger partial charge in [0, 0.05) is 26.7 Å². The monoisotopic (exact) mass is 611 g/mol. The second-order valence-corrected chi connectivity index (χ2v) is 11.1. The Morgan fingerprint density at radius 1 is 1.12 bits per heavy atom. The molecule has 32 heavy (non-hydrogen) atoms. The number of halogens is 3. The number of rotatable bonds is 9. The lowest BCUT2D eigenvalue weighted by molar-refractivity contribution is -0.139. The molecule has 0 saturated heterocycles. The quantitative estimate of drug-likeness (QED) is 0.436. The van der Waals surface area contributed by atoms with Crippen LogP contribution in [0.2, 0.25) is 10.0 Å². The second-order valence-electron chi connectivity index (χ2n) is 7.07. The van der Waals surface area contributed by atoms with Gasteiger partial charge in [-0.15, -0.1) is 0 Å². The van der Waals surface area contributed by atoms with Gasteiger partial charge in [-0.05, 0) is 78.4 Å². The van der Waals surface area contributed by atoms with Crippen LogP contribution in [0.15, 0.2) is 42.5 Å². The van der Waals surface area contributed by atoms with Crippen molar-refractivity contribution in [3.05, 3.63) is 61.6 Å². The largest absolute Gasteiger partial charge is 0.355 e. The zero-order chi connectivity index (χ0) is 24.1. The van der Waals surface area contributed by atoms with Gasteiger partial charge in [-0.3, -0.25) is 13.9 Å². The summed E-state index contributed by atoms with van der Waals surface area (Å²) in [5.41, 5.74) is 0.942. The maximum atomic E-state index is 13.3. The van der Waals surface area contributed by atoms with Crippen molar-refractivity contribution in [2.75, 3.05) is 23.7 Å². The van der Waals surface area contributed by atoms with E-state index in [9.17, 15) is 18.0 Å². The van der Waals surface area contributed by atoms with E-state index in [1.165, 1.54) is 4.90 Å². The standard InChI is InChI=1S/C21H24Cl2IN3O4S/c1-4-25-21(29)14(2)26(12-15-5-6-16(22)11-19(15)23)20(28)13-27(32(3,30)31)18-9-7-17(24)8-10-18/h5-11,14H,4,12-13H2,1-3H3,(H,25,29). The van der Waals surface area contributed by atoms with E-state index in [1.54, 1.807) is 56.3 Å². The molecule has 2 aromatic rings. The van der Waals surface area contributed by atoms with E-state index < -0.39 is 28.5 Å². The predicted molar refractivity (Wildman–Crippen MR) is 137 cm³/mol. The van der Waals surface area contributed by atoms with Crippen LogP contribution in [0.25, 0.3) is 0 Å². The number of benzene rings is 2. The van der Waals surface area contributed by atoms with Gasteiger partial charge in [-0.2, -0.15) is 0 Å². The molecule has 0 aliphatic heterocycles. The summed E-state index contributed by atoms with van der Waals surface area (Å²) in [4.78, 5) is 27.2. The van der Waals surface area contributed by atoms with Gasteiger partial charge in [0.15, 0.2) is 0 Å². The van der Waals surface area contributed by atoms with Crippen molar-refractivity contribution in [1.82, 2.24) is 10.2 Å². The Morgan fingerprint density at radius 2 is 1.75 bits per heavy atom. The molecule has 1 N–H and O–H groups in total. The number of hydrogen-bond donors (Lipinski definition) is 1. The van der Waals surface area contributed by atoms with Crippen molar-refractivity contribution in [3.8, 4) is 0 Å². The number of amides is 2. The molecule has 11 heteroatoms. The van der Waals surface area contributed by atoms with Crippen molar-refractivity contribution in [2.24, 2.45) is 0 Å². The normalized spacial score (nSPS) is 12.2. The Kier molecular flexibility index (Phi) is 9.62. The molecular weight excluding hydrogens is 588 g/mol. The lowest BCUT2D eigenvalue weighted by Gasteiger charge is -2.31. The minimum atomic E-state index is -3.76. The number of carbonyl (C=O) groups excluding carboxylic acids is 2. The fraction of sp³-hybridized carbons (Fsp3) is 0.333. The third-order valence-electron chi connectivity index (χ3n) is 4.67. The lowest BCUT2D eigenvalue weighted by Crippen LogP contribution is -2.51. The van der Waals surface area contributed by atoms with Crippen LogP contribution in [-0.4, -0.2) is 50.5 Å². The molecule has 0 aliphatic carbocycles. The summed E-state index contributed by atoms with van der Waals surface area (Å²) in [5, 5.41) is 3.48. The highest BCUT2D eigenvalue weighted by Gasteiger charge is 2.30. The number of nitrogens with zero attached hydrogens (tertiary/aromatic N) is 2. The van der Waals surface area contributed by atoms with E-state index >= 15 is 0 Å². The van der Waals surface area contributed by atoms with Crippen LogP contribution in [0, 0.1) is 3.57 Å². The van der Waals surface area contributed by atoms with Crippen molar-refractivity contribution >= 4 is 73.3 Å². The SMILES string of the molecule is CCNC(=O)C(C)N(Cc1ccc(Cl)cc1Cl)C(=O)CN(c1ccc(I)cc1)S(C)(=O)=O. The molecule has 0 spiro atoms. The lowest BCUT2D eigenvalue weighted by atomic mass is 10.1. The average Bonchev–Trinajstić information content (AvgIpc) is 2.71. The van der Waals surface area contributed by atoms with Crippen LogP contribution in [-0.2, 0) is 26.2 Å². The summed E-state index contributed by atoms with van der Waals surface area (Å²) in [6.45, 7) is 3.30. The van der Waals surface area contributed by atoms with Crippen LogP contribution < -0.4 is 9.62 Å². The van der Waals surface area contributed by atoms with Crippen molar-refractivity contribution in [1.29, 1.82) is 0 Å². The molecule has 0 aromatic heterocycles. The Balaban J connectivity index is 2.40. The van der Waals surface area contributed by atoms with Crippen LogP contribution in [0.5, 0.6) is 0 Å². The van der Waals surface area contributed by atoms with Crippen LogP contribution in [0.4, 0.5) is 5.69 Å². The van der Waals surface area contributed by atoms with Crippen molar-refractivity contribution in [3.63, 3.8) is 0 Å². The van der Waals surface area contributed by atoms with Gasteiger partial charge in [0.25, 0.3) is 0 Å². The second kappa shape index (κ2) is 11.5. The molecule has 2 aromatic carbocycles. The average molecular weight is 612 g/mol. The number of nitrogens with one attached hydrogen (secondary N) is 1. The smallest absolute Gasteiger partial charge is 0.244 e. The molecule has 1 atom stereocenters. The Hall–Kier alpha value is -1.56. The minimum Gasteiger partial charge on any atom is -0.355 e. The number of sulfonamides is 1. The summed E-state index contributed by atoms with van der Waals surface area (Å²) in [5.74, 6) is -0.898. The van der Waals surface area contributed by atoms with E-state index in [0.29, 0.717) is 27.8 Å². The Morgan fingerprint density at radius 3 is 2.28 bits per heavy atom. The molecule has 2 rings (SSSR count). The van der Waals surface area contributed by atoms with Gasteiger partial charge in [-0.25, -0.2) is 8.42 Å². The van der Waals surface area contributed by atoms with E-state index in [1.807, 2.05) is 0 Å². The molecule has 0 saturated carbocycles. The van der Waals surface area contributed by atoms with Gasteiger partial charge in [-0.1, -0.05) is 29.3 Å². The van der Waals surface area contributed by atoms with E-state index in [0.717, 1.165) is 14.1 Å². The predicted octanol–water partition coefficient (Wildman–Crippen LogP) is 3.92. The molecule has 0 bridgehead atoms. The first kappa shape index (κ1) is 26.7. The van der Waals surface area contributed by atoms with E-state index in [-0.39, 0.29) is 12.5 Å². The summed E-state index contributed by atoms with van der Waals surface area (Å²) in [6, 6.07) is 10.8. The summed E-state index contributed by atoms with van der Waals surface area (Å²) < 4.78 is 26.9. The van der Waals surface area contributed by atoms with E-state index in [2.05, 4.69) is 27.9 Å². The maximum Gasteiger partial charge on any atom is 0.244 e. The first-order chi connectivity index (χ1) is 14.9. The zero-order valence-electron chi connectivity index (χ0n) is 17.8. The van der Waals surface area contributed by atoms with E-state index in [4.69, 9.17) is 23.2 Å². The number of anilines is 1. The molecule has 0 aliphatic rings. The maximum absolute atomic E-state index is 13.3. The van der Waals surface area contributed by atoms with Crippen LogP contribution in [0.3, 0.4) is 0 Å². The van der Waals surface area contributed by atoms with Crippen LogP contribution in [0.1, 0.15) is 19.4 Å². The fourth-order valence-electron chi connectivity index (χ4n) is 2.96. The Labute approximate surface area is 212 Å². The zero-order valence-corrected chi connectivity index (χ0v) is 22.3. The van der Waals surface area contributed by atoms with Gasteiger partial charge < -0.3 is 10.2 Å². The highest BCUT2D eigenvalue weighted by molar-refractivity contribution is 14.1. The molecule has 174 valence electrons. The van der Waals surface area contributed by atoms with Gasteiger partial charge in [0.05, 0.1) is 11.9 Å². The van der Waals surface area contributed by atoms with Crippen LogP contribution >= 0.6 is 45.8 Å². The third-order valence-corrected chi connectivity index (χ3v) is 7.11. The first-order valence-corrected chi connectivity index (χ1v) is 13.4. The Bertz CT molecular complexity index is 1080. The molecule has 0 heterocycles. The summed E-state index contributed by atoms with van der Waals surface area (Å²) >= 11 is 14.4. The minimum absolute atomic E-state index is 0.0113. The molecular formula is C21H24Cl2IN3O4S. The van der Waals surface area contributed by atoms with Gasteiger partial charge in [0.2, 0.25) is 21.8 Å². The number of likely N-dealkylation sites (N-methyl/N-ethyl adjacent to an activating group) is 1. The molecule has 1 unspecified atom stereocenters. The molecule has 7 nitrogen and oxygen atoms in total. The highest BCUT2D eigenvalue weighted by atomic mass is 127. The molecule has 2 amide bonds. The van der Waals surface area contributed by atoms with Gasteiger partial charge >= 0.3 is 0 Å². The summed E-state index contributed by atoms with van der Waals surface area (Å²) in [7, 11) is -3.76. The fourth-order valence-corrected chi connectivity index (χ4v) is 4.64. The third kappa shape index (κ3) is 7.23. The van der Waals surface area contributed by atoms with Gasteiger partial charge in [0.1, 0.15) is 12.6 Å².